The Hall–Kier alpha value is -0.980. The quantitative estimate of drug-likeness (QED) is 0.587. The molecule has 0 aliphatic heterocycles. The first kappa shape index (κ1) is 11.5. The topological polar surface area (TPSA) is 9.23 Å². The van der Waals surface area contributed by atoms with Crippen LogP contribution in [0.25, 0.3) is 0 Å². The van der Waals surface area contributed by atoms with Gasteiger partial charge in [-0.2, -0.15) is 0 Å². The minimum atomic E-state index is 0.868. The van der Waals surface area contributed by atoms with E-state index in [0.29, 0.717) is 0 Å². The molecule has 88 valence electrons. The zero-order chi connectivity index (χ0) is 11.1. The fourth-order valence-corrected chi connectivity index (χ4v) is 2.00. The van der Waals surface area contributed by atoms with Crippen LogP contribution in [0.15, 0.2) is 30.3 Å². The number of hydrogen-bond donors (Lipinski definition) is 0. The van der Waals surface area contributed by atoms with E-state index in [0.717, 1.165) is 18.3 Å². The summed E-state index contributed by atoms with van der Waals surface area (Å²) in [6.45, 7) is 0.868. The zero-order valence-electron chi connectivity index (χ0n) is 10.0. The largest absolute Gasteiger partial charge is 0.494 e. The van der Waals surface area contributed by atoms with Crippen LogP contribution in [0.4, 0.5) is 0 Å². The second kappa shape index (κ2) is 6.57. The van der Waals surface area contributed by atoms with E-state index in [1.54, 1.807) is 0 Å². The molecule has 2 rings (SSSR count). The van der Waals surface area contributed by atoms with Gasteiger partial charge in [0.2, 0.25) is 0 Å². The summed E-state index contributed by atoms with van der Waals surface area (Å²) in [7, 11) is 0. The Bertz CT molecular complexity index is 277. The SMILES string of the molecule is c1ccc(OCCCCCCC2CC2)cc1. The number of para-hydroxylation sites is 1. The lowest BCUT2D eigenvalue weighted by Gasteiger charge is -2.05. The number of benzene rings is 1. The Morgan fingerprint density at radius 1 is 0.938 bits per heavy atom. The van der Waals surface area contributed by atoms with Gasteiger partial charge in [-0.25, -0.2) is 0 Å². The van der Waals surface area contributed by atoms with Crippen LogP contribution in [-0.4, -0.2) is 6.61 Å². The molecule has 1 nitrogen and oxygen atoms in total. The van der Waals surface area contributed by atoms with Gasteiger partial charge in [-0.05, 0) is 24.5 Å². The van der Waals surface area contributed by atoms with E-state index >= 15 is 0 Å². The molecule has 1 aromatic carbocycles. The monoisotopic (exact) mass is 218 g/mol. The van der Waals surface area contributed by atoms with Gasteiger partial charge in [0.05, 0.1) is 6.61 Å². The lowest BCUT2D eigenvalue weighted by Crippen LogP contribution is -1.96. The first-order valence-corrected chi connectivity index (χ1v) is 6.63. The minimum absolute atomic E-state index is 0.868. The van der Waals surface area contributed by atoms with Gasteiger partial charge in [-0.1, -0.05) is 56.7 Å². The van der Waals surface area contributed by atoms with Crippen molar-refractivity contribution >= 4 is 0 Å². The van der Waals surface area contributed by atoms with Gasteiger partial charge in [0, 0.05) is 0 Å². The van der Waals surface area contributed by atoms with E-state index in [1.807, 2.05) is 30.3 Å². The number of rotatable bonds is 8. The summed E-state index contributed by atoms with van der Waals surface area (Å²) >= 11 is 0. The van der Waals surface area contributed by atoms with Gasteiger partial charge in [0.25, 0.3) is 0 Å². The maximum Gasteiger partial charge on any atom is 0.119 e. The van der Waals surface area contributed by atoms with E-state index in [-0.39, 0.29) is 0 Å². The number of hydrogen-bond acceptors (Lipinski definition) is 1. The lowest BCUT2D eigenvalue weighted by molar-refractivity contribution is 0.304. The molecule has 0 N–H and O–H groups in total. The average Bonchev–Trinajstić information content (AvgIpc) is 3.13. The summed E-state index contributed by atoms with van der Waals surface area (Å²) < 4.78 is 5.65. The standard InChI is InChI=1S/C15H22O/c1(4-8-14-11-12-14)2-7-13-16-15-9-5-3-6-10-15/h3,5-6,9-10,14H,1-2,4,7-8,11-13H2. The van der Waals surface area contributed by atoms with Gasteiger partial charge >= 0.3 is 0 Å². The molecule has 1 fully saturated rings. The fraction of sp³-hybridized carbons (Fsp3) is 0.600. The predicted molar refractivity (Wildman–Crippen MR) is 67.7 cm³/mol. The van der Waals surface area contributed by atoms with Gasteiger partial charge in [0.15, 0.2) is 0 Å². The summed E-state index contributed by atoms with van der Waals surface area (Å²) in [6.07, 6.45) is 9.79. The van der Waals surface area contributed by atoms with Crippen LogP contribution < -0.4 is 4.74 Å². The van der Waals surface area contributed by atoms with Crippen LogP contribution in [0.3, 0.4) is 0 Å². The molecule has 0 bridgehead atoms. The van der Waals surface area contributed by atoms with Gasteiger partial charge in [-0.15, -0.1) is 0 Å². The first-order valence-electron chi connectivity index (χ1n) is 6.63. The number of ether oxygens (including phenoxy) is 1. The highest BCUT2D eigenvalue weighted by Crippen LogP contribution is 2.34. The molecule has 0 radical (unpaired) electrons. The molecule has 1 aliphatic rings. The molecule has 0 amide bonds. The van der Waals surface area contributed by atoms with Crippen molar-refractivity contribution in [3.05, 3.63) is 30.3 Å². The first-order chi connectivity index (χ1) is 7.95. The van der Waals surface area contributed by atoms with Crippen LogP contribution in [0.1, 0.15) is 44.9 Å². The molecule has 0 saturated heterocycles. The highest BCUT2D eigenvalue weighted by atomic mass is 16.5. The van der Waals surface area contributed by atoms with Crippen LogP contribution in [0.2, 0.25) is 0 Å². The van der Waals surface area contributed by atoms with Crippen molar-refractivity contribution in [2.45, 2.75) is 44.9 Å². The molecule has 0 atom stereocenters. The summed E-state index contributed by atoms with van der Waals surface area (Å²) in [5.41, 5.74) is 0. The molecule has 0 unspecified atom stereocenters. The Labute approximate surface area is 98.8 Å². The van der Waals surface area contributed by atoms with Gasteiger partial charge in [-0.3, -0.25) is 0 Å². The molecule has 0 spiro atoms. The molecule has 1 saturated carbocycles. The molecule has 1 heteroatoms. The van der Waals surface area contributed by atoms with E-state index in [1.165, 1.54) is 44.9 Å². The molecule has 0 heterocycles. The predicted octanol–water partition coefficient (Wildman–Crippen LogP) is 4.43. The van der Waals surface area contributed by atoms with E-state index in [4.69, 9.17) is 4.74 Å². The highest BCUT2D eigenvalue weighted by Gasteiger charge is 2.19. The Morgan fingerprint density at radius 3 is 2.44 bits per heavy atom. The highest BCUT2D eigenvalue weighted by molar-refractivity contribution is 5.20. The smallest absolute Gasteiger partial charge is 0.119 e. The van der Waals surface area contributed by atoms with E-state index in [2.05, 4.69) is 0 Å². The zero-order valence-corrected chi connectivity index (χ0v) is 10.0. The van der Waals surface area contributed by atoms with Crippen molar-refractivity contribution in [3.8, 4) is 5.75 Å². The van der Waals surface area contributed by atoms with E-state index in [9.17, 15) is 0 Å². The average molecular weight is 218 g/mol. The third kappa shape index (κ3) is 4.69. The van der Waals surface area contributed by atoms with Gasteiger partial charge in [0.1, 0.15) is 5.75 Å². The molecular formula is C15H22O. The van der Waals surface area contributed by atoms with Crippen molar-refractivity contribution in [3.63, 3.8) is 0 Å². The normalized spacial score (nSPS) is 15.0. The van der Waals surface area contributed by atoms with Crippen molar-refractivity contribution in [1.82, 2.24) is 0 Å². The summed E-state index contributed by atoms with van der Waals surface area (Å²) in [5.74, 6) is 2.10. The van der Waals surface area contributed by atoms with E-state index < -0.39 is 0 Å². The summed E-state index contributed by atoms with van der Waals surface area (Å²) in [6, 6.07) is 10.1. The molecule has 1 aromatic rings. The number of unbranched alkanes of at least 4 members (excludes halogenated alkanes) is 3. The third-order valence-electron chi connectivity index (χ3n) is 3.22. The molecular weight excluding hydrogens is 196 g/mol. The lowest BCUT2D eigenvalue weighted by atomic mass is 10.1. The van der Waals surface area contributed by atoms with Gasteiger partial charge < -0.3 is 4.74 Å². The maximum absolute atomic E-state index is 5.65. The Balaban J connectivity index is 1.42. The third-order valence-corrected chi connectivity index (χ3v) is 3.22. The summed E-state index contributed by atoms with van der Waals surface area (Å²) in [4.78, 5) is 0. The van der Waals surface area contributed by atoms with Crippen molar-refractivity contribution < 1.29 is 4.74 Å². The van der Waals surface area contributed by atoms with Crippen LogP contribution in [-0.2, 0) is 0 Å². The maximum atomic E-state index is 5.65. The Kier molecular flexibility index (Phi) is 4.72. The van der Waals surface area contributed by atoms with Crippen LogP contribution in [0, 0.1) is 5.92 Å². The summed E-state index contributed by atoms with van der Waals surface area (Å²) in [5, 5.41) is 0. The second-order valence-electron chi connectivity index (χ2n) is 4.81. The van der Waals surface area contributed by atoms with Crippen molar-refractivity contribution in [2.75, 3.05) is 6.61 Å². The van der Waals surface area contributed by atoms with Crippen LogP contribution >= 0.6 is 0 Å². The molecule has 0 aromatic heterocycles. The second-order valence-corrected chi connectivity index (χ2v) is 4.81. The fourth-order valence-electron chi connectivity index (χ4n) is 2.00. The van der Waals surface area contributed by atoms with Crippen LogP contribution in [0.5, 0.6) is 5.75 Å². The molecule has 16 heavy (non-hydrogen) atoms. The van der Waals surface area contributed by atoms with Crippen molar-refractivity contribution in [2.24, 2.45) is 5.92 Å². The minimum Gasteiger partial charge on any atom is -0.494 e. The Morgan fingerprint density at radius 2 is 1.69 bits per heavy atom. The van der Waals surface area contributed by atoms with Crippen molar-refractivity contribution in [1.29, 1.82) is 0 Å². The molecule has 1 aliphatic carbocycles.